The van der Waals surface area contributed by atoms with Gasteiger partial charge in [-0.05, 0) is 32.0 Å². The van der Waals surface area contributed by atoms with Crippen molar-refractivity contribution in [3.8, 4) is 5.75 Å². The summed E-state index contributed by atoms with van der Waals surface area (Å²) in [5.74, 6) is -7.22. The summed E-state index contributed by atoms with van der Waals surface area (Å²) >= 11 is 0.919. The van der Waals surface area contributed by atoms with Gasteiger partial charge >= 0.3 is 16.3 Å². The van der Waals surface area contributed by atoms with Crippen molar-refractivity contribution in [2.75, 3.05) is 12.3 Å². The second kappa shape index (κ2) is 14.3. The molecule has 0 radical (unpaired) electrons. The van der Waals surface area contributed by atoms with E-state index in [9.17, 15) is 57.2 Å². The summed E-state index contributed by atoms with van der Waals surface area (Å²) < 4.78 is 34.2. The highest BCUT2D eigenvalue weighted by Gasteiger charge is 2.54. The number of hydrogen-bond acceptors (Lipinski definition) is 15. The van der Waals surface area contributed by atoms with Crippen LogP contribution < -0.4 is 21.8 Å². The quantitative estimate of drug-likeness (QED) is 0.0356. The number of nitrogens with one attached hydrogen (secondary N) is 2. The molecule has 0 spiro atoms. The average Bonchev–Trinajstić information content (AvgIpc) is 3.47. The van der Waals surface area contributed by atoms with Gasteiger partial charge in [0, 0.05) is 35.5 Å². The fourth-order valence-electron chi connectivity index (χ4n) is 4.50. The van der Waals surface area contributed by atoms with Gasteiger partial charge in [-0.2, -0.15) is 13.1 Å². The Kier molecular flexibility index (Phi) is 10.6. The van der Waals surface area contributed by atoms with Crippen LogP contribution in [-0.4, -0.2) is 95.8 Å². The molecule has 0 unspecified atom stereocenters. The van der Waals surface area contributed by atoms with Gasteiger partial charge < -0.3 is 36.6 Å². The molecule has 1 saturated heterocycles. The van der Waals surface area contributed by atoms with E-state index in [4.69, 9.17) is 10.6 Å². The summed E-state index contributed by atoms with van der Waals surface area (Å²) in [6.07, 6.45) is 0.0200. The lowest BCUT2D eigenvalue weighted by Gasteiger charge is -2.44. The maximum Gasteiger partial charge on any atom is 0.362 e. The fourth-order valence-corrected chi connectivity index (χ4v) is 5.97. The van der Waals surface area contributed by atoms with Gasteiger partial charge in [0.25, 0.3) is 11.8 Å². The normalized spacial score (nSPS) is 16.3. The number of β-lactam (4-membered cyclic amide) rings is 1. The molecule has 8 N–H and O–H groups in total. The average molecular weight is 736 g/mol. The number of carbonyl (C=O) groups is 5. The third-order valence-corrected chi connectivity index (χ3v) is 8.86. The predicted octanol–water partition coefficient (Wildman–Crippen LogP) is -0.637. The first kappa shape index (κ1) is 37.0. The zero-order valence-electron chi connectivity index (χ0n) is 26.0. The lowest BCUT2D eigenvalue weighted by molar-refractivity contribution is -0.161. The Morgan fingerprint density at radius 3 is 2.34 bits per heavy atom. The lowest BCUT2D eigenvalue weighted by Crippen LogP contribution is -2.66. The highest BCUT2D eigenvalue weighted by Crippen LogP contribution is 2.32. The molecule has 0 saturated carbocycles. The number of nitrogens with two attached hydrogens (primary N) is 1. The molecule has 20 nitrogen and oxygen atoms in total. The molecule has 1 aliphatic rings. The van der Waals surface area contributed by atoms with Crippen molar-refractivity contribution >= 4 is 62.0 Å². The minimum absolute atomic E-state index is 0.0193. The maximum absolute atomic E-state index is 13.4. The molecule has 0 bridgehead atoms. The van der Waals surface area contributed by atoms with Crippen LogP contribution >= 0.6 is 11.3 Å². The van der Waals surface area contributed by atoms with Gasteiger partial charge in [0.1, 0.15) is 5.69 Å². The number of Topliss-reactive ketones (excluding diaryl/α,β-unsaturated/α-hetero) is 1. The molecule has 4 rings (SSSR count). The van der Waals surface area contributed by atoms with Gasteiger partial charge in [0.05, 0.1) is 30.4 Å². The van der Waals surface area contributed by atoms with E-state index >= 15 is 0 Å². The maximum atomic E-state index is 13.4. The lowest BCUT2D eigenvalue weighted by atomic mass is 9.84. The molecule has 2 atom stereocenters. The van der Waals surface area contributed by atoms with Crippen LogP contribution in [0.3, 0.4) is 0 Å². The first-order chi connectivity index (χ1) is 23.3. The third kappa shape index (κ3) is 8.22. The van der Waals surface area contributed by atoms with E-state index in [2.05, 4.69) is 20.8 Å². The standard InChI is InChI=1S/C28H29N7O13S2/c1-28(2,26(42)43)48-33-22(17-12-49-27(29)32-17)20(37)8-16-18(35(25(16)41)50(45,46)47)10-31-24(40)14-5-3-4-13(6-14)23(39)30-9-15-7-19(36)21(38)11-34(15)44/h3-7,11-12,16,18,38,44H,8-10H2,1-2H3,(H2,29,32)(H,30,39)(H,31,40)(H,42,43)(H,45,46,47)/b33-22-/t16-,18+/m0/s1. The van der Waals surface area contributed by atoms with Crippen LogP contribution in [0.5, 0.6) is 5.75 Å². The minimum atomic E-state index is -5.14. The van der Waals surface area contributed by atoms with Crippen LogP contribution in [0.4, 0.5) is 5.13 Å². The number of rotatable bonds is 14. The highest BCUT2D eigenvalue weighted by atomic mass is 32.2. The van der Waals surface area contributed by atoms with Gasteiger partial charge in [0.2, 0.25) is 16.9 Å². The van der Waals surface area contributed by atoms with E-state index < -0.39 is 87.2 Å². The van der Waals surface area contributed by atoms with Crippen LogP contribution in [0.25, 0.3) is 0 Å². The summed E-state index contributed by atoms with van der Waals surface area (Å²) in [4.78, 5) is 84.0. The van der Waals surface area contributed by atoms with Gasteiger partial charge in [-0.25, -0.2) is 14.1 Å². The molecule has 0 aliphatic carbocycles. The number of thiazole rings is 1. The van der Waals surface area contributed by atoms with Crippen molar-refractivity contribution in [2.24, 2.45) is 11.1 Å². The number of anilines is 1. The summed E-state index contributed by atoms with van der Waals surface area (Å²) in [6.45, 7) is 1.38. The molecular weight excluding hydrogens is 706 g/mol. The van der Waals surface area contributed by atoms with E-state index in [1.54, 1.807) is 0 Å². The summed E-state index contributed by atoms with van der Waals surface area (Å²) in [6, 6.07) is 4.62. The fraction of sp³-hybridized carbons (Fsp3) is 0.286. The van der Waals surface area contributed by atoms with E-state index in [1.807, 2.05) is 0 Å². The molecule has 1 aromatic carbocycles. The molecule has 1 fully saturated rings. The van der Waals surface area contributed by atoms with Gasteiger partial charge in [-0.3, -0.25) is 28.5 Å². The Hall–Kier alpha value is -5.87. The number of oxime groups is 1. The van der Waals surface area contributed by atoms with Crippen molar-refractivity contribution in [3.05, 3.63) is 74.6 Å². The number of pyridine rings is 1. The van der Waals surface area contributed by atoms with Crippen LogP contribution in [0.1, 0.15) is 52.4 Å². The first-order valence-electron chi connectivity index (χ1n) is 14.1. The van der Waals surface area contributed by atoms with Crippen molar-refractivity contribution in [1.82, 2.24) is 24.7 Å². The number of aromatic nitrogens is 2. The number of aromatic hydroxyl groups is 1. The topological polar surface area (TPSA) is 310 Å². The molecule has 1 aliphatic heterocycles. The van der Waals surface area contributed by atoms with Crippen LogP contribution in [0.2, 0.25) is 0 Å². The van der Waals surface area contributed by atoms with Gasteiger partial charge in [0.15, 0.2) is 22.4 Å². The SMILES string of the molecule is CC(C)(O/N=C(\C(=O)C[C@@H]1C(=O)N(S(=O)(=O)O)[C@@H]1CNC(=O)c1cccc(C(=O)NCc2cc(=O)c(O)cn2O)c1)c1csc(N)n1)C(=O)O. The van der Waals surface area contributed by atoms with Crippen molar-refractivity contribution in [2.45, 2.75) is 38.5 Å². The summed E-state index contributed by atoms with van der Waals surface area (Å²) in [5, 5.41) is 38.4. The number of carbonyl (C=O) groups excluding carboxylic acids is 4. The zero-order valence-corrected chi connectivity index (χ0v) is 27.6. The number of benzene rings is 1. The smallest absolute Gasteiger partial charge is 0.362 e. The Morgan fingerprint density at radius 1 is 1.12 bits per heavy atom. The molecular formula is C28H29N7O13S2. The molecule has 3 amide bonds. The summed E-state index contributed by atoms with van der Waals surface area (Å²) in [5.41, 5.74) is 2.15. The van der Waals surface area contributed by atoms with Gasteiger partial charge in [-0.15, -0.1) is 11.3 Å². The highest BCUT2D eigenvalue weighted by molar-refractivity contribution is 7.84. The predicted molar refractivity (Wildman–Crippen MR) is 171 cm³/mol. The molecule has 3 heterocycles. The Labute approximate surface area is 285 Å². The molecule has 22 heteroatoms. The number of carboxylic acid groups (broad SMARTS) is 1. The number of ketones is 1. The largest absolute Gasteiger partial charge is 0.503 e. The number of carboxylic acids is 1. The second-order valence-electron chi connectivity index (χ2n) is 11.2. The third-order valence-electron chi connectivity index (χ3n) is 7.24. The molecule has 3 aromatic rings. The minimum Gasteiger partial charge on any atom is -0.503 e. The second-order valence-corrected chi connectivity index (χ2v) is 13.3. The Balaban J connectivity index is 1.48. The van der Waals surface area contributed by atoms with Crippen molar-refractivity contribution < 1.29 is 57.2 Å². The monoisotopic (exact) mass is 735 g/mol. The van der Waals surface area contributed by atoms with E-state index in [1.165, 1.54) is 29.6 Å². The van der Waals surface area contributed by atoms with Crippen LogP contribution in [-0.2, 0) is 36.1 Å². The number of nitrogens with zero attached hydrogens (tertiary/aromatic N) is 4. The van der Waals surface area contributed by atoms with Crippen molar-refractivity contribution in [1.29, 1.82) is 0 Å². The van der Waals surface area contributed by atoms with E-state index in [0.29, 0.717) is 4.73 Å². The van der Waals surface area contributed by atoms with Crippen LogP contribution in [0.15, 0.2) is 51.9 Å². The van der Waals surface area contributed by atoms with Gasteiger partial charge in [-0.1, -0.05) is 11.2 Å². The number of hydrogen-bond donors (Lipinski definition) is 7. The first-order valence-corrected chi connectivity index (χ1v) is 16.4. The molecule has 266 valence electrons. The Morgan fingerprint density at radius 2 is 1.76 bits per heavy atom. The number of nitrogen functional groups attached to an aromatic ring is 1. The van der Waals surface area contributed by atoms with E-state index in [0.717, 1.165) is 37.4 Å². The zero-order chi connectivity index (χ0) is 37.1. The molecule has 50 heavy (non-hydrogen) atoms. The summed E-state index contributed by atoms with van der Waals surface area (Å²) in [7, 11) is -5.14. The number of aliphatic carboxylic acids is 1. The Bertz CT molecular complexity index is 2070. The van der Waals surface area contributed by atoms with E-state index in [-0.39, 0.29) is 38.5 Å². The van der Waals surface area contributed by atoms with Crippen LogP contribution in [0, 0.1) is 5.92 Å². The van der Waals surface area contributed by atoms with Crippen molar-refractivity contribution in [3.63, 3.8) is 0 Å². The number of amides is 3. The molecule has 2 aromatic heterocycles.